The fourth-order valence-corrected chi connectivity index (χ4v) is 2.71. The van der Waals surface area contributed by atoms with Crippen LogP contribution in [0.5, 0.6) is 0 Å². The maximum Gasteiger partial charge on any atom is 0.0310 e. The molecule has 0 spiro atoms. The van der Waals surface area contributed by atoms with Crippen molar-refractivity contribution in [2.75, 3.05) is 0 Å². The molecule has 0 fully saturated rings. The van der Waals surface area contributed by atoms with Gasteiger partial charge in [0, 0.05) is 15.7 Å². The fourth-order valence-electron chi connectivity index (χ4n) is 1.58. The molecule has 0 nitrogen and oxygen atoms in total. The second kappa shape index (κ2) is 2.21. The second-order valence-corrected chi connectivity index (χ2v) is 4.57. The van der Waals surface area contributed by atoms with Crippen LogP contribution in [0.2, 0.25) is 0 Å². The average Bonchev–Trinajstić information content (AvgIpc) is 2.37. The zero-order chi connectivity index (χ0) is 8.01. The van der Waals surface area contributed by atoms with Crippen molar-refractivity contribution < 1.29 is 0 Å². The highest BCUT2D eigenvalue weighted by Gasteiger charge is 2.19. The van der Waals surface area contributed by atoms with Crippen LogP contribution < -0.4 is 0 Å². The minimum Gasteiger partial charge on any atom is -0.141 e. The molecule has 1 aromatic heterocycles. The predicted molar refractivity (Wildman–Crippen MR) is 51.1 cm³/mol. The van der Waals surface area contributed by atoms with Crippen molar-refractivity contribution in [1.29, 1.82) is 0 Å². The van der Waals surface area contributed by atoms with E-state index >= 15 is 0 Å². The van der Waals surface area contributed by atoms with Crippen molar-refractivity contribution in [3.63, 3.8) is 0 Å². The maximum absolute atomic E-state index is 2.32. The molecule has 0 saturated carbocycles. The summed E-state index contributed by atoms with van der Waals surface area (Å²) in [6.45, 7) is 6.68. The summed E-state index contributed by atoms with van der Waals surface area (Å²) >= 11 is 1.91. The zero-order valence-corrected chi connectivity index (χ0v) is 7.96. The van der Waals surface area contributed by atoms with Crippen LogP contribution in [-0.2, 0) is 0 Å². The van der Waals surface area contributed by atoms with E-state index in [-0.39, 0.29) is 0 Å². The summed E-state index contributed by atoms with van der Waals surface area (Å²) < 4.78 is 0. The lowest BCUT2D eigenvalue weighted by Crippen LogP contribution is -1.86. The van der Waals surface area contributed by atoms with Gasteiger partial charge < -0.3 is 0 Å². The van der Waals surface area contributed by atoms with Crippen molar-refractivity contribution in [3.8, 4) is 0 Å². The Morgan fingerprint density at radius 3 is 2.73 bits per heavy atom. The summed E-state index contributed by atoms with van der Waals surface area (Å²) in [5.41, 5.74) is 3.04. The van der Waals surface area contributed by atoms with Crippen LogP contribution in [0, 0.1) is 6.92 Å². The number of allylic oxidation sites excluding steroid dienone is 1. The van der Waals surface area contributed by atoms with E-state index in [1.165, 1.54) is 20.9 Å². The van der Waals surface area contributed by atoms with E-state index in [1.54, 1.807) is 0 Å². The van der Waals surface area contributed by atoms with Crippen LogP contribution in [-0.4, -0.2) is 0 Å². The van der Waals surface area contributed by atoms with Crippen LogP contribution in [0.1, 0.15) is 35.1 Å². The van der Waals surface area contributed by atoms with E-state index in [0.717, 1.165) is 0 Å². The zero-order valence-electron chi connectivity index (χ0n) is 7.14. The van der Waals surface area contributed by atoms with E-state index in [2.05, 4.69) is 32.9 Å². The fraction of sp³-hybridized carbons (Fsp3) is 0.400. The highest BCUT2D eigenvalue weighted by Crippen LogP contribution is 2.40. The number of hydrogen-bond acceptors (Lipinski definition) is 1. The standard InChI is InChI=1S/C10H12S/c1-6-4-10-9(8(6)3)5-7(2)11-10/h4-5,8H,1-3H3. The van der Waals surface area contributed by atoms with Gasteiger partial charge in [-0.15, -0.1) is 11.3 Å². The van der Waals surface area contributed by atoms with E-state index in [4.69, 9.17) is 0 Å². The Hall–Kier alpha value is -0.560. The molecule has 0 N–H and O–H groups in total. The van der Waals surface area contributed by atoms with Crippen LogP contribution in [0.25, 0.3) is 6.08 Å². The Morgan fingerprint density at radius 1 is 1.36 bits per heavy atom. The lowest BCUT2D eigenvalue weighted by Gasteiger charge is -2.02. The second-order valence-electron chi connectivity index (χ2n) is 3.29. The largest absolute Gasteiger partial charge is 0.141 e. The molecule has 0 saturated heterocycles. The third kappa shape index (κ3) is 0.951. The summed E-state index contributed by atoms with van der Waals surface area (Å²) in [5.74, 6) is 0.662. The summed E-state index contributed by atoms with van der Waals surface area (Å²) in [4.78, 5) is 2.91. The van der Waals surface area contributed by atoms with Gasteiger partial charge in [-0.1, -0.05) is 12.5 Å². The number of aryl methyl sites for hydroxylation is 1. The lowest BCUT2D eigenvalue weighted by atomic mass is 10.0. The Balaban J connectivity index is 2.56. The average molecular weight is 164 g/mol. The molecule has 1 aliphatic carbocycles. The number of fused-ring (bicyclic) bond motifs is 1. The smallest absolute Gasteiger partial charge is 0.0310 e. The van der Waals surface area contributed by atoms with Crippen molar-refractivity contribution in [3.05, 3.63) is 27.0 Å². The van der Waals surface area contributed by atoms with E-state index in [0.29, 0.717) is 5.92 Å². The molecular weight excluding hydrogens is 152 g/mol. The van der Waals surface area contributed by atoms with Crippen LogP contribution in [0.3, 0.4) is 0 Å². The van der Waals surface area contributed by atoms with Gasteiger partial charge in [-0.2, -0.15) is 0 Å². The molecule has 2 rings (SSSR count). The van der Waals surface area contributed by atoms with Gasteiger partial charge in [0.15, 0.2) is 0 Å². The minimum atomic E-state index is 0.662. The van der Waals surface area contributed by atoms with Crippen molar-refractivity contribution in [1.82, 2.24) is 0 Å². The Kier molecular flexibility index (Phi) is 1.43. The maximum atomic E-state index is 2.32. The molecule has 1 unspecified atom stereocenters. The molecule has 11 heavy (non-hydrogen) atoms. The molecule has 1 aliphatic rings. The Morgan fingerprint density at radius 2 is 2.09 bits per heavy atom. The summed E-state index contributed by atoms with van der Waals surface area (Å²) in [6.07, 6.45) is 2.32. The van der Waals surface area contributed by atoms with Gasteiger partial charge in [-0.3, -0.25) is 0 Å². The first-order chi connectivity index (χ1) is 5.18. The quantitative estimate of drug-likeness (QED) is 0.550. The first kappa shape index (κ1) is 7.11. The first-order valence-electron chi connectivity index (χ1n) is 3.97. The lowest BCUT2D eigenvalue weighted by molar-refractivity contribution is 0.925. The van der Waals surface area contributed by atoms with Gasteiger partial charge in [0.25, 0.3) is 0 Å². The van der Waals surface area contributed by atoms with Crippen molar-refractivity contribution in [2.45, 2.75) is 26.7 Å². The van der Waals surface area contributed by atoms with E-state index in [9.17, 15) is 0 Å². The van der Waals surface area contributed by atoms with Crippen molar-refractivity contribution >= 4 is 17.4 Å². The molecule has 0 bridgehead atoms. The normalized spacial score (nSPS) is 21.7. The summed E-state index contributed by atoms with van der Waals surface area (Å²) in [5, 5.41) is 0. The SMILES string of the molecule is CC1=Cc2sc(C)cc2C1C. The molecule has 1 heterocycles. The number of hydrogen-bond donors (Lipinski definition) is 0. The van der Waals surface area contributed by atoms with Gasteiger partial charge in [-0.25, -0.2) is 0 Å². The van der Waals surface area contributed by atoms with Crippen LogP contribution >= 0.6 is 11.3 Å². The molecule has 0 aliphatic heterocycles. The molecule has 1 aromatic rings. The summed E-state index contributed by atoms with van der Waals surface area (Å²) in [6, 6.07) is 2.32. The van der Waals surface area contributed by atoms with Gasteiger partial charge in [-0.05, 0) is 31.6 Å². The molecule has 58 valence electrons. The van der Waals surface area contributed by atoms with Crippen molar-refractivity contribution in [2.24, 2.45) is 0 Å². The van der Waals surface area contributed by atoms with Crippen LogP contribution in [0.15, 0.2) is 11.6 Å². The highest BCUT2D eigenvalue weighted by molar-refractivity contribution is 7.13. The molecule has 1 heteroatoms. The molecule has 1 atom stereocenters. The van der Waals surface area contributed by atoms with Gasteiger partial charge in [0.2, 0.25) is 0 Å². The predicted octanol–water partition coefficient (Wildman–Crippen LogP) is 3.58. The molecule has 0 amide bonds. The number of thiophene rings is 1. The third-order valence-electron chi connectivity index (χ3n) is 2.42. The van der Waals surface area contributed by atoms with Gasteiger partial charge in [0.1, 0.15) is 0 Å². The topological polar surface area (TPSA) is 0 Å². The summed E-state index contributed by atoms with van der Waals surface area (Å²) in [7, 11) is 0. The number of rotatable bonds is 0. The monoisotopic (exact) mass is 164 g/mol. The third-order valence-corrected chi connectivity index (χ3v) is 3.44. The first-order valence-corrected chi connectivity index (χ1v) is 4.78. The van der Waals surface area contributed by atoms with E-state index in [1.807, 2.05) is 11.3 Å². The van der Waals surface area contributed by atoms with Crippen LogP contribution in [0.4, 0.5) is 0 Å². The molecular formula is C10H12S. The Bertz CT molecular complexity index is 318. The van der Waals surface area contributed by atoms with Gasteiger partial charge >= 0.3 is 0 Å². The minimum absolute atomic E-state index is 0.662. The Labute approximate surface area is 71.6 Å². The molecule has 0 radical (unpaired) electrons. The highest BCUT2D eigenvalue weighted by atomic mass is 32.1. The molecule has 0 aromatic carbocycles. The van der Waals surface area contributed by atoms with E-state index < -0.39 is 0 Å². The van der Waals surface area contributed by atoms with Gasteiger partial charge in [0.05, 0.1) is 0 Å².